The fourth-order valence-corrected chi connectivity index (χ4v) is 1.84. The Morgan fingerprint density at radius 2 is 1.67 bits per heavy atom. The van der Waals surface area contributed by atoms with E-state index in [0.29, 0.717) is 11.1 Å². The van der Waals surface area contributed by atoms with Crippen molar-refractivity contribution in [1.82, 2.24) is 5.32 Å². The van der Waals surface area contributed by atoms with E-state index in [1.165, 1.54) is 18.2 Å². The van der Waals surface area contributed by atoms with Crippen LogP contribution in [-0.4, -0.2) is 4.92 Å². The first-order valence-electron chi connectivity index (χ1n) is 6.04. The Balaban J connectivity index is 2.00. The molecule has 7 heteroatoms. The highest BCUT2D eigenvalue weighted by molar-refractivity contribution is 5.35. The van der Waals surface area contributed by atoms with Crippen molar-refractivity contribution in [2.45, 2.75) is 13.1 Å². The van der Waals surface area contributed by atoms with E-state index in [9.17, 15) is 23.3 Å². The van der Waals surface area contributed by atoms with Gasteiger partial charge in [0.25, 0.3) is 5.69 Å². The summed E-state index contributed by atoms with van der Waals surface area (Å²) in [5, 5.41) is 13.5. The second-order valence-corrected chi connectivity index (χ2v) is 4.43. The van der Waals surface area contributed by atoms with Gasteiger partial charge in [0.1, 0.15) is 5.82 Å². The molecule has 0 aromatic heterocycles. The minimum atomic E-state index is -0.948. The van der Waals surface area contributed by atoms with Gasteiger partial charge in [0.05, 0.1) is 11.0 Å². The van der Waals surface area contributed by atoms with Crippen LogP contribution in [-0.2, 0) is 13.1 Å². The Morgan fingerprint density at radius 1 is 0.952 bits per heavy atom. The van der Waals surface area contributed by atoms with Crippen LogP contribution in [0.4, 0.5) is 18.9 Å². The molecule has 0 saturated carbocycles. The molecule has 0 saturated heterocycles. The van der Waals surface area contributed by atoms with Gasteiger partial charge in [-0.3, -0.25) is 10.1 Å². The Labute approximate surface area is 118 Å². The Hall–Kier alpha value is -2.41. The number of benzene rings is 2. The van der Waals surface area contributed by atoms with Gasteiger partial charge in [-0.2, -0.15) is 0 Å². The predicted octanol–water partition coefficient (Wildman–Crippen LogP) is 3.30. The van der Waals surface area contributed by atoms with E-state index in [1.54, 1.807) is 0 Å². The van der Waals surface area contributed by atoms with Crippen molar-refractivity contribution >= 4 is 5.69 Å². The van der Waals surface area contributed by atoms with E-state index in [1.807, 2.05) is 0 Å². The van der Waals surface area contributed by atoms with E-state index in [4.69, 9.17) is 0 Å². The van der Waals surface area contributed by atoms with Crippen molar-refractivity contribution in [3.63, 3.8) is 0 Å². The summed E-state index contributed by atoms with van der Waals surface area (Å²) >= 11 is 0. The third-order valence-electron chi connectivity index (χ3n) is 2.80. The molecule has 0 fully saturated rings. The number of nitrogens with zero attached hydrogens (tertiary/aromatic N) is 1. The fraction of sp³-hybridized carbons (Fsp3) is 0.143. The molecule has 0 heterocycles. The molecule has 0 aliphatic rings. The normalized spacial score (nSPS) is 10.6. The zero-order valence-electron chi connectivity index (χ0n) is 10.8. The van der Waals surface area contributed by atoms with Gasteiger partial charge in [0.15, 0.2) is 11.6 Å². The van der Waals surface area contributed by atoms with Crippen molar-refractivity contribution in [3.05, 3.63) is 75.1 Å². The summed E-state index contributed by atoms with van der Waals surface area (Å²) in [7, 11) is 0. The van der Waals surface area contributed by atoms with Crippen LogP contribution >= 0.6 is 0 Å². The number of non-ortho nitro benzene ring substituents is 1. The highest BCUT2D eigenvalue weighted by Crippen LogP contribution is 2.16. The van der Waals surface area contributed by atoms with Gasteiger partial charge in [-0.25, -0.2) is 13.2 Å². The number of nitrogens with one attached hydrogen (secondary N) is 1. The van der Waals surface area contributed by atoms with Crippen molar-refractivity contribution < 1.29 is 18.1 Å². The number of hydrogen-bond acceptors (Lipinski definition) is 3. The molecule has 0 aliphatic carbocycles. The highest BCUT2D eigenvalue weighted by atomic mass is 19.2. The molecule has 2 aromatic carbocycles. The lowest BCUT2D eigenvalue weighted by Crippen LogP contribution is -2.13. The molecule has 0 radical (unpaired) electrons. The van der Waals surface area contributed by atoms with Gasteiger partial charge in [-0.1, -0.05) is 6.07 Å². The number of hydrogen-bond donors (Lipinski definition) is 1. The van der Waals surface area contributed by atoms with Crippen molar-refractivity contribution in [3.8, 4) is 0 Å². The molecule has 4 nitrogen and oxygen atoms in total. The smallest absolute Gasteiger partial charge is 0.272 e. The number of nitro benzene ring substituents is 1. The average Bonchev–Trinajstić information content (AvgIpc) is 2.42. The molecule has 0 atom stereocenters. The molecule has 2 rings (SSSR count). The fourth-order valence-electron chi connectivity index (χ4n) is 1.84. The molecule has 21 heavy (non-hydrogen) atoms. The lowest BCUT2D eigenvalue weighted by atomic mass is 10.1. The minimum absolute atomic E-state index is 0.164. The minimum Gasteiger partial charge on any atom is -0.309 e. The maximum Gasteiger partial charge on any atom is 0.272 e. The maximum absolute atomic E-state index is 13.2. The van der Waals surface area contributed by atoms with Gasteiger partial charge in [-0.15, -0.1) is 0 Å². The van der Waals surface area contributed by atoms with E-state index in [-0.39, 0.29) is 18.8 Å². The molecule has 0 amide bonds. The van der Waals surface area contributed by atoms with Crippen LogP contribution in [0.2, 0.25) is 0 Å². The number of halogens is 3. The predicted molar refractivity (Wildman–Crippen MR) is 70.0 cm³/mol. The first kappa shape index (κ1) is 15.0. The van der Waals surface area contributed by atoms with Crippen molar-refractivity contribution in [2.24, 2.45) is 0 Å². The Bertz CT molecular complexity index is 677. The van der Waals surface area contributed by atoms with Gasteiger partial charge in [0, 0.05) is 19.2 Å². The van der Waals surface area contributed by atoms with Crippen LogP contribution < -0.4 is 5.32 Å². The van der Waals surface area contributed by atoms with Crippen molar-refractivity contribution in [1.29, 1.82) is 0 Å². The van der Waals surface area contributed by atoms with Gasteiger partial charge in [-0.05, 0) is 29.3 Å². The van der Waals surface area contributed by atoms with Crippen LogP contribution in [0.3, 0.4) is 0 Å². The molecule has 0 unspecified atom stereocenters. The number of nitro groups is 1. The zero-order valence-corrected chi connectivity index (χ0v) is 10.8. The van der Waals surface area contributed by atoms with Gasteiger partial charge < -0.3 is 5.32 Å². The first-order chi connectivity index (χ1) is 9.95. The summed E-state index contributed by atoms with van der Waals surface area (Å²) < 4.78 is 39.0. The van der Waals surface area contributed by atoms with E-state index >= 15 is 0 Å². The molecule has 0 bridgehead atoms. The van der Waals surface area contributed by atoms with Crippen LogP contribution in [0.15, 0.2) is 36.4 Å². The lowest BCUT2D eigenvalue weighted by molar-refractivity contribution is -0.385. The van der Waals surface area contributed by atoms with Crippen LogP contribution in [0.25, 0.3) is 0 Å². The summed E-state index contributed by atoms with van der Waals surface area (Å²) in [4.78, 5) is 9.93. The SMILES string of the molecule is O=[N+]([O-])c1cc(F)cc(CNCc2ccc(F)c(F)c2)c1. The molecular weight excluding hydrogens is 285 g/mol. The van der Waals surface area contributed by atoms with Crippen molar-refractivity contribution in [2.75, 3.05) is 0 Å². The molecule has 0 aliphatic heterocycles. The van der Waals surface area contributed by atoms with E-state index in [0.717, 1.165) is 18.2 Å². The highest BCUT2D eigenvalue weighted by Gasteiger charge is 2.09. The average molecular weight is 296 g/mol. The van der Waals surface area contributed by atoms with Gasteiger partial charge >= 0.3 is 0 Å². The Morgan fingerprint density at radius 3 is 2.33 bits per heavy atom. The second-order valence-electron chi connectivity index (χ2n) is 4.43. The zero-order chi connectivity index (χ0) is 15.4. The standard InChI is InChI=1S/C14H11F3N2O2/c15-11-3-10(4-12(6-11)19(20)21)8-18-7-9-1-2-13(16)14(17)5-9/h1-6,18H,7-8H2. The third-order valence-corrected chi connectivity index (χ3v) is 2.80. The monoisotopic (exact) mass is 296 g/mol. The first-order valence-corrected chi connectivity index (χ1v) is 6.04. The largest absolute Gasteiger partial charge is 0.309 e. The third kappa shape index (κ3) is 4.03. The van der Waals surface area contributed by atoms with Gasteiger partial charge in [0.2, 0.25) is 0 Å². The summed E-state index contributed by atoms with van der Waals surface area (Å²) in [6.07, 6.45) is 0. The van der Waals surface area contributed by atoms with Crippen LogP contribution in [0.5, 0.6) is 0 Å². The Kier molecular flexibility index (Phi) is 4.54. The van der Waals surface area contributed by atoms with E-state index in [2.05, 4.69) is 5.32 Å². The molecule has 110 valence electrons. The summed E-state index contributed by atoms with van der Waals surface area (Å²) in [5.74, 6) is -2.58. The van der Waals surface area contributed by atoms with Crippen LogP contribution in [0.1, 0.15) is 11.1 Å². The van der Waals surface area contributed by atoms with E-state index < -0.39 is 22.4 Å². The molecule has 1 N–H and O–H groups in total. The molecular formula is C14H11F3N2O2. The maximum atomic E-state index is 13.2. The lowest BCUT2D eigenvalue weighted by Gasteiger charge is -2.06. The summed E-state index contributed by atoms with van der Waals surface area (Å²) in [6.45, 7) is 0.388. The molecule has 2 aromatic rings. The number of rotatable bonds is 5. The second kappa shape index (κ2) is 6.36. The van der Waals surface area contributed by atoms with Crippen LogP contribution in [0, 0.1) is 27.6 Å². The quantitative estimate of drug-likeness (QED) is 0.680. The molecule has 0 spiro atoms. The topological polar surface area (TPSA) is 55.2 Å². The summed E-state index contributed by atoms with van der Waals surface area (Å²) in [5.41, 5.74) is 0.573. The summed E-state index contributed by atoms with van der Waals surface area (Å²) in [6, 6.07) is 6.74.